The number of nitrogens with one attached hydrogen (secondary N) is 1. The smallest absolute Gasteiger partial charge is 0.125 e. The van der Waals surface area contributed by atoms with E-state index in [9.17, 15) is 4.39 Å². The number of hydrogen-bond donors (Lipinski definition) is 1. The molecule has 0 unspecified atom stereocenters. The van der Waals surface area contributed by atoms with Crippen molar-refractivity contribution < 1.29 is 4.39 Å². The molecule has 1 heterocycles. The minimum Gasteiger partial charge on any atom is -0.330 e. The molecule has 0 saturated carbocycles. The Bertz CT molecular complexity index is 462. The third kappa shape index (κ3) is 1.37. The molecular weight excluding hydrogens is 181 g/mol. The first-order valence-corrected chi connectivity index (χ1v) is 4.48. The van der Waals surface area contributed by atoms with E-state index in [2.05, 4.69) is 10.3 Å². The third-order valence-electron chi connectivity index (χ3n) is 2.27. The molecule has 0 atom stereocenters. The van der Waals surface area contributed by atoms with Crippen LogP contribution in [0.5, 0.6) is 0 Å². The zero-order valence-electron chi connectivity index (χ0n) is 8.21. The van der Waals surface area contributed by atoms with Crippen molar-refractivity contribution in [2.75, 3.05) is 7.05 Å². The van der Waals surface area contributed by atoms with Gasteiger partial charge < -0.3 is 9.88 Å². The number of aromatic nitrogens is 2. The Morgan fingerprint density at radius 1 is 1.50 bits per heavy atom. The van der Waals surface area contributed by atoms with Gasteiger partial charge in [0.25, 0.3) is 0 Å². The number of halogens is 1. The minimum absolute atomic E-state index is 0.225. The molecule has 2 rings (SSSR count). The Morgan fingerprint density at radius 3 is 3.00 bits per heavy atom. The average molecular weight is 193 g/mol. The van der Waals surface area contributed by atoms with Crippen molar-refractivity contribution in [2.45, 2.75) is 6.54 Å². The highest BCUT2D eigenvalue weighted by molar-refractivity contribution is 5.75. The number of aryl methyl sites for hydroxylation is 1. The van der Waals surface area contributed by atoms with Gasteiger partial charge in [0.1, 0.15) is 11.6 Å². The number of rotatable bonds is 2. The number of fused-ring (bicyclic) bond motifs is 1. The molecule has 3 nitrogen and oxygen atoms in total. The number of imidazole rings is 1. The lowest BCUT2D eigenvalue weighted by Gasteiger charge is -2.00. The molecule has 0 fully saturated rings. The summed E-state index contributed by atoms with van der Waals surface area (Å²) in [6.45, 7) is 0.687. The first-order valence-electron chi connectivity index (χ1n) is 4.48. The van der Waals surface area contributed by atoms with E-state index in [-0.39, 0.29) is 5.82 Å². The summed E-state index contributed by atoms with van der Waals surface area (Å²) in [5, 5.41) is 3.02. The van der Waals surface area contributed by atoms with Gasteiger partial charge in [-0.2, -0.15) is 0 Å². The summed E-state index contributed by atoms with van der Waals surface area (Å²) >= 11 is 0. The summed E-state index contributed by atoms with van der Waals surface area (Å²) < 4.78 is 14.9. The van der Waals surface area contributed by atoms with Crippen LogP contribution in [-0.2, 0) is 13.6 Å². The van der Waals surface area contributed by atoms with Gasteiger partial charge in [0.2, 0.25) is 0 Å². The quantitative estimate of drug-likeness (QED) is 0.782. The van der Waals surface area contributed by atoms with Gasteiger partial charge in [-0.25, -0.2) is 9.37 Å². The lowest BCUT2D eigenvalue weighted by Crippen LogP contribution is -2.10. The zero-order chi connectivity index (χ0) is 10.1. The SMILES string of the molecule is CNCc1nc2ccc(F)cc2n1C. The molecule has 74 valence electrons. The molecule has 14 heavy (non-hydrogen) atoms. The van der Waals surface area contributed by atoms with Crippen LogP contribution < -0.4 is 5.32 Å². The van der Waals surface area contributed by atoms with Crippen molar-refractivity contribution >= 4 is 11.0 Å². The molecule has 0 amide bonds. The van der Waals surface area contributed by atoms with Crippen molar-refractivity contribution in [1.29, 1.82) is 0 Å². The van der Waals surface area contributed by atoms with Crippen LogP contribution in [0, 0.1) is 5.82 Å². The Kier molecular flexibility index (Phi) is 2.21. The van der Waals surface area contributed by atoms with E-state index in [1.165, 1.54) is 12.1 Å². The van der Waals surface area contributed by atoms with E-state index in [1.807, 2.05) is 18.7 Å². The van der Waals surface area contributed by atoms with Crippen LogP contribution in [0.25, 0.3) is 11.0 Å². The van der Waals surface area contributed by atoms with Gasteiger partial charge in [-0.15, -0.1) is 0 Å². The molecule has 4 heteroatoms. The zero-order valence-corrected chi connectivity index (χ0v) is 8.21. The molecule has 0 spiro atoms. The Hall–Kier alpha value is -1.42. The predicted molar refractivity (Wildman–Crippen MR) is 53.4 cm³/mol. The van der Waals surface area contributed by atoms with Crippen LogP contribution in [0.2, 0.25) is 0 Å². The van der Waals surface area contributed by atoms with Crippen LogP contribution in [0.1, 0.15) is 5.82 Å². The highest BCUT2D eigenvalue weighted by Gasteiger charge is 2.06. The lowest BCUT2D eigenvalue weighted by molar-refractivity contribution is 0.628. The molecule has 1 aromatic heterocycles. The molecule has 1 N–H and O–H groups in total. The topological polar surface area (TPSA) is 29.9 Å². The van der Waals surface area contributed by atoms with E-state index in [4.69, 9.17) is 0 Å². The van der Waals surface area contributed by atoms with Crippen molar-refractivity contribution in [3.05, 3.63) is 29.8 Å². The minimum atomic E-state index is -0.225. The van der Waals surface area contributed by atoms with Gasteiger partial charge in [0.15, 0.2) is 0 Å². The van der Waals surface area contributed by atoms with Crippen LogP contribution in [0.3, 0.4) is 0 Å². The van der Waals surface area contributed by atoms with Gasteiger partial charge in [0, 0.05) is 7.05 Å². The Labute approximate surface area is 81.6 Å². The fourth-order valence-electron chi connectivity index (χ4n) is 1.53. The van der Waals surface area contributed by atoms with Crippen LogP contribution in [0.4, 0.5) is 4.39 Å². The summed E-state index contributed by atoms with van der Waals surface area (Å²) in [6.07, 6.45) is 0. The molecule has 0 saturated heterocycles. The van der Waals surface area contributed by atoms with Gasteiger partial charge in [-0.05, 0) is 25.2 Å². The Morgan fingerprint density at radius 2 is 2.29 bits per heavy atom. The number of hydrogen-bond acceptors (Lipinski definition) is 2. The van der Waals surface area contributed by atoms with Crippen LogP contribution in [-0.4, -0.2) is 16.6 Å². The molecule has 2 aromatic rings. The third-order valence-corrected chi connectivity index (χ3v) is 2.27. The number of nitrogens with zero attached hydrogens (tertiary/aromatic N) is 2. The highest BCUT2D eigenvalue weighted by atomic mass is 19.1. The van der Waals surface area contributed by atoms with E-state index in [1.54, 1.807) is 6.07 Å². The Balaban J connectivity index is 2.62. The van der Waals surface area contributed by atoms with Crippen LogP contribution in [0.15, 0.2) is 18.2 Å². The summed E-state index contributed by atoms with van der Waals surface area (Å²) in [5.74, 6) is 0.685. The second kappa shape index (κ2) is 3.38. The molecular formula is C10H12FN3. The average Bonchev–Trinajstić information content (AvgIpc) is 2.46. The summed E-state index contributed by atoms with van der Waals surface area (Å²) in [4.78, 5) is 4.38. The van der Waals surface area contributed by atoms with Gasteiger partial charge in [0.05, 0.1) is 17.6 Å². The first-order chi connectivity index (χ1) is 6.72. The summed E-state index contributed by atoms with van der Waals surface area (Å²) in [5.41, 5.74) is 1.66. The second-order valence-corrected chi connectivity index (χ2v) is 3.25. The first kappa shape index (κ1) is 9.15. The van der Waals surface area contributed by atoms with E-state index >= 15 is 0 Å². The monoisotopic (exact) mass is 193 g/mol. The predicted octanol–water partition coefficient (Wildman–Crippen LogP) is 1.43. The highest BCUT2D eigenvalue weighted by Crippen LogP contribution is 2.15. The fraction of sp³-hybridized carbons (Fsp3) is 0.300. The molecule has 0 aliphatic carbocycles. The molecule has 0 bridgehead atoms. The van der Waals surface area contributed by atoms with E-state index < -0.39 is 0 Å². The van der Waals surface area contributed by atoms with Gasteiger partial charge in [-0.1, -0.05) is 0 Å². The van der Waals surface area contributed by atoms with Crippen LogP contribution >= 0.6 is 0 Å². The molecule has 0 radical (unpaired) electrons. The van der Waals surface area contributed by atoms with E-state index in [0.717, 1.165) is 16.9 Å². The standard InChI is InChI=1S/C10H12FN3/c1-12-6-10-13-8-4-3-7(11)5-9(8)14(10)2/h3-5,12H,6H2,1-2H3. The van der Waals surface area contributed by atoms with Gasteiger partial charge in [-0.3, -0.25) is 0 Å². The summed E-state index contributed by atoms with van der Waals surface area (Å²) in [6, 6.07) is 4.63. The lowest BCUT2D eigenvalue weighted by atomic mass is 10.3. The summed E-state index contributed by atoms with van der Waals surface area (Å²) in [7, 11) is 3.75. The molecule has 0 aliphatic heterocycles. The van der Waals surface area contributed by atoms with Crippen molar-refractivity contribution in [3.63, 3.8) is 0 Å². The maximum Gasteiger partial charge on any atom is 0.125 e. The maximum atomic E-state index is 13.0. The van der Waals surface area contributed by atoms with Crippen molar-refractivity contribution in [2.24, 2.45) is 7.05 Å². The normalized spacial score (nSPS) is 11.1. The van der Waals surface area contributed by atoms with Crippen molar-refractivity contribution in [3.8, 4) is 0 Å². The maximum absolute atomic E-state index is 13.0. The molecule has 1 aromatic carbocycles. The second-order valence-electron chi connectivity index (χ2n) is 3.25. The fourth-order valence-corrected chi connectivity index (χ4v) is 1.53. The number of benzene rings is 1. The van der Waals surface area contributed by atoms with Gasteiger partial charge >= 0.3 is 0 Å². The van der Waals surface area contributed by atoms with Crippen molar-refractivity contribution in [1.82, 2.24) is 14.9 Å². The largest absolute Gasteiger partial charge is 0.330 e. The van der Waals surface area contributed by atoms with E-state index in [0.29, 0.717) is 6.54 Å². The molecule has 0 aliphatic rings.